The Balaban J connectivity index is 0.00000324. The zero-order valence-electron chi connectivity index (χ0n) is 20.0. The average molecular weight is 452 g/mol. The van der Waals surface area contributed by atoms with Gasteiger partial charge in [0.25, 0.3) is 0 Å². The molecule has 0 saturated carbocycles. The molecule has 0 spiro atoms. The van der Waals surface area contributed by atoms with Crippen LogP contribution in [-0.2, 0) is 7.05 Å². The van der Waals surface area contributed by atoms with Crippen molar-refractivity contribution < 1.29 is 10.6 Å². The van der Waals surface area contributed by atoms with Gasteiger partial charge in [-0.2, -0.15) is 4.98 Å². The Morgan fingerprint density at radius 3 is 2.64 bits per heavy atom. The zero-order chi connectivity index (χ0) is 23.6. The topological polar surface area (TPSA) is 55.2 Å². The maximum Gasteiger partial charge on any atom is 0.246 e. The molecule has 7 heteroatoms. The largest absolute Gasteiger partial charge is 0.497 e. The van der Waals surface area contributed by atoms with Crippen LogP contribution in [0.5, 0.6) is 5.75 Å². The first-order valence-corrected chi connectivity index (χ1v) is 11.3. The molecule has 0 bridgehead atoms. The molecule has 0 aliphatic carbocycles. The number of ether oxygens (including phenoxy) is 1. The first-order chi connectivity index (χ1) is 15.7. The predicted molar refractivity (Wildman–Crippen MR) is 134 cm³/mol. The van der Waals surface area contributed by atoms with E-state index in [9.17, 15) is 4.39 Å². The molecular weight excluding hydrogens is 417 g/mol. The van der Waals surface area contributed by atoms with Gasteiger partial charge in [-0.15, -0.1) is 5.10 Å². The Morgan fingerprint density at radius 1 is 1.18 bits per heavy atom. The third-order valence-corrected chi connectivity index (χ3v) is 6.26. The van der Waals surface area contributed by atoms with E-state index in [1.165, 1.54) is 23.3 Å². The van der Waals surface area contributed by atoms with Crippen molar-refractivity contribution in [2.75, 3.05) is 30.4 Å². The highest BCUT2D eigenvalue weighted by molar-refractivity contribution is 5.60. The fourth-order valence-electron chi connectivity index (χ4n) is 4.30. The summed E-state index contributed by atoms with van der Waals surface area (Å²) in [5.74, 6) is 1.96. The summed E-state index contributed by atoms with van der Waals surface area (Å²) in [6, 6.07) is 12.9. The van der Waals surface area contributed by atoms with E-state index in [1.807, 2.05) is 26.1 Å². The van der Waals surface area contributed by atoms with Crippen LogP contribution in [0.4, 0.5) is 22.0 Å². The minimum atomic E-state index is -0.248. The van der Waals surface area contributed by atoms with E-state index in [2.05, 4.69) is 47.4 Å². The van der Waals surface area contributed by atoms with Crippen LogP contribution < -0.4 is 15.0 Å². The second-order valence-electron chi connectivity index (χ2n) is 9.29. The van der Waals surface area contributed by atoms with E-state index < -0.39 is 0 Å². The summed E-state index contributed by atoms with van der Waals surface area (Å²) in [5, 5.41) is 7.96. The molecule has 1 saturated heterocycles. The Hall–Kier alpha value is -3.35. The van der Waals surface area contributed by atoms with E-state index in [1.54, 1.807) is 17.9 Å². The summed E-state index contributed by atoms with van der Waals surface area (Å²) >= 11 is 0. The second-order valence-corrected chi connectivity index (χ2v) is 9.29. The molecule has 1 N–H and O–H groups in total. The Morgan fingerprint density at radius 2 is 1.94 bits per heavy atom. The van der Waals surface area contributed by atoms with Gasteiger partial charge in [0.05, 0.1) is 7.11 Å². The maximum absolute atomic E-state index is 13.4. The van der Waals surface area contributed by atoms with E-state index in [4.69, 9.17) is 9.72 Å². The molecule has 0 atom stereocenters. The average Bonchev–Trinajstić information content (AvgIpc) is 3.07. The second kappa shape index (κ2) is 9.25. The number of halogens is 1. The number of aromatic nitrogens is 3. The highest BCUT2D eigenvalue weighted by Gasteiger charge is 2.31. The third kappa shape index (κ3) is 5.18. The number of rotatable bonds is 5. The van der Waals surface area contributed by atoms with Crippen LogP contribution in [0, 0.1) is 18.2 Å². The monoisotopic (exact) mass is 451 g/mol. The molecule has 0 radical (unpaired) electrons. The minimum absolute atomic E-state index is 0. The van der Waals surface area contributed by atoms with E-state index in [0.717, 1.165) is 42.9 Å². The van der Waals surface area contributed by atoms with Gasteiger partial charge < -0.3 is 15.0 Å². The number of aryl methyl sites for hydroxylation is 2. The Bertz CT molecular complexity index is 1160. The summed E-state index contributed by atoms with van der Waals surface area (Å²) in [6.45, 7) is 8.16. The van der Waals surface area contributed by atoms with Crippen molar-refractivity contribution in [1.82, 2.24) is 14.8 Å². The van der Waals surface area contributed by atoms with Crippen LogP contribution >= 0.6 is 0 Å². The van der Waals surface area contributed by atoms with Crippen molar-refractivity contribution in [2.45, 2.75) is 33.6 Å². The van der Waals surface area contributed by atoms with Gasteiger partial charge in [-0.05, 0) is 61.2 Å². The number of benzene rings is 2. The molecule has 33 heavy (non-hydrogen) atoms. The molecule has 0 unspecified atom stereocenters. The van der Waals surface area contributed by atoms with Crippen molar-refractivity contribution in [3.05, 3.63) is 65.0 Å². The quantitative estimate of drug-likeness (QED) is 0.518. The SMILES string of the molecule is COc1ccc(/C=C2/CCCN(c3nc(Nc4ccc(F)cc4C)n(C)n3)CC2(C)C)cc1.[HH]. The van der Waals surface area contributed by atoms with Crippen molar-refractivity contribution in [1.29, 1.82) is 0 Å². The molecule has 1 aromatic heterocycles. The Labute approximate surface area is 196 Å². The molecule has 176 valence electrons. The number of nitrogens with zero attached hydrogens (tertiary/aromatic N) is 4. The summed E-state index contributed by atoms with van der Waals surface area (Å²) in [5.41, 5.74) is 4.22. The normalized spacial score (nSPS) is 17.2. The highest BCUT2D eigenvalue weighted by atomic mass is 19.1. The lowest BCUT2D eigenvalue weighted by Crippen LogP contribution is -2.34. The van der Waals surface area contributed by atoms with Crippen LogP contribution in [-0.4, -0.2) is 35.0 Å². The first kappa shape index (κ1) is 22.8. The highest BCUT2D eigenvalue weighted by Crippen LogP contribution is 2.36. The number of nitrogens with one attached hydrogen (secondary N) is 1. The van der Waals surface area contributed by atoms with Gasteiger partial charge in [-0.1, -0.05) is 37.6 Å². The fraction of sp³-hybridized carbons (Fsp3) is 0.385. The van der Waals surface area contributed by atoms with Gasteiger partial charge in [0.2, 0.25) is 11.9 Å². The van der Waals surface area contributed by atoms with Gasteiger partial charge in [0.1, 0.15) is 11.6 Å². The summed E-state index contributed by atoms with van der Waals surface area (Å²) in [6.07, 6.45) is 4.37. The third-order valence-electron chi connectivity index (χ3n) is 6.26. The van der Waals surface area contributed by atoms with E-state index in [-0.39, 0.29) is 12.7 Å². The molecule has 1 aliphatic heterocycles. The van der Waals surface area contributed by atoms with Gasteiger partial charge in [0.15, 0.2) is 0 Å². The molecule has 1 fully saturated rings. The van der Waals surface area contributed by atoms with Crippen LogP contribution in [0.15, 0.2) is 48.0 Å². The fourth-order valence-corrected chi connectivity index (χ4v) is 4.30. The van der Waals surface area contributed by atoms with Gasteiger partial charge in [-0.3, -0.25) is 0 Å². The van der Waals surface area contributed by atoms with E-state index >= 15 is 0 Å². The van der Waals surface area contributed by atoms with Crippen molar-refractivity contribution in [2.24, 2.45) is 12.5 Å². The smallest absolute Gasteiger partial charge is 0.246 e. The molecule has 1 aliphatic rings. The van der Waals surface area contributed by atoms with Crippen LogP contribution in [0.1, 0.15) is 39.2 Å². The lowest BCUT2D eigenvalue weighted by molar-refractivity contribution is 0.415. The summed E-state index contributed by atoms with van der Waals surface area (Å²) in [7, 11) is 3.56. The Kier molecular flexibility index (Phi) is 6.40. The van der Waals surface area contributed by atoms with Crippen LogP contribution in [0.25, 0.3) is 6.08 Å². The number of methoxy groups -OCH3 is 1. The summed E-state index contributed by atoms with van der Waals surface area (Å²) in [4.78, 5) is 7.03. The maximum atomic E-state index is 13.4. The molecule has 2 heterocycles. The molecule has 2 aromatic carbocycles. The van der Waals surface area contributed by atoms with Gasteiger partial charge >= 0.3 is 0 Å². The number of hydrogen-bond acceptors (Lipinski definition) is 5. The van der Waals surface area contributed by atoms with E-state index in [0.29, 0.717) is 11.9 Å². The lowest BCUT2D eigenvalue weighted by atomic mass is 9.81. The molecular formula is C26H34FN5O. The minimum Gasteiger partial charge on any atom is -0.497 e. The molecule has 0 amide bonds. The zero-order valence-corrected chi connectivity index (χ0v) is 20.0. The standard InChI is InChI=1S/C26H32FN5O.H2/c1-18-15-21(27)10-13-23(18)28-24-29-25(30-31(24)4)32-14-6-7-20(26(2,3)17-32)16-19-8-11-22(33-5)12-9-19;/h8-13,15-16H,6-7,14,17H2,1-5H3,(H,28,29,30);1H/b20-16-;. The lowest BCUT2D eigenvalue weighted by Gasteiger charge is -2.30. The number of hydrogen-bond donors (Lipinski definition) is 1. The first-order valence-electron chi connectivity index (χ1n) is 11.3. The predicted octanol–water partition coefficient (Wildman–Crippen LogP) is 5.97. The van der Waals surface area contributed by atoms with Crippen LogP contribution in [0.2, 0.25) is 0 Å². The number of anilines is 3. The van der Waals surface area contributed by atoms with Crippen molar-refractivity contribution in [3.8, 4) is 5.75 Å². The van der Waals surface area contributed by atoms with Gasteiger partial charge in [-0.25, -0.2) is 9.07 Å². The molecule has 6 nitrogen and oxygen atoms in total. The molecule has 3 aromatic rings. The van der Waals surface area contributed by atoms with Crippen molar-refractivity contribution >= 4 is 23.7 Å². The van der Waals surface area contributed by atoms with Gasteiger partial charge in [0, 0.05) is 32.7 Å². The summed E-state index contributed by atoms with van der Waals surface area (Å²) < 4.78 is 20.5. The van der Waals surface area contributed by atoms with Crippen LogP contribution in [0.3, 0.4) is 0 Å². The van der Waals surface area contributed by atoms with Crippen molar-refractivity contribution in [3.63, 3.8) is 0 Å². The molecule has 4 rings (SSSR count).